The molecule has 2 saturated heterocycles. The zero-order chi connectivity index (χ0) is 38.0. The topological polar surface area (TPSA) is 137 Å². The third-order valence-electron chi connectivity index (χ3n) is 10.9. The number of nitrogens with zero attached hydrogens (tertiary/aromatic N) is 4. The van der Waals surface area contributed by atoms with Crippen molar-refractivity contribution in [2.24, 2.45) is 11.3 Å². The molecule has 1 aromatic carbocycles. The summed E-state index contributed by atoms with van der Waals surface area (Å²) in [4.78, 5) is 51.0. The summed E-state index contributed by atoms with van der Waals surface area (Å²) in [5, 5.41) is 8.37. The van der Waals surface area contributed by atoms with Crippen LogP contribution in [0, 0.1) is 11.3 Å². The molecule has 0 radical (unpaired) electrons. The van der Waals surface area contributed by atoms with Crippen LogP contribution >= 0.6 is 11.3 Å². The number of ether oxygens (including phenoxy) is 3. The van der Waals surface area contributed by atoms with Crippen molar-refractivity contribution in [3.8, 4) is 22.5 Å². The summed E-state index contributed by atoms with van der Waals surface area (Å²) in [5.41, 5.74) is 9.64. The van der Waals surface area contributed by atoms with Crippen molar-refractivity contribution in [1.29, 1.82) is 0 Å². The van der Waals surface area contributed by atoms with E-state index in [0.29, 0.717) is 39.0 Å². The Bertz CT molecular complexity index is 2000. The number of methoxy groups -OCH3 is 1. The number of nitrogens with one attached hydrogen (secondary N) is 2. The first-order valence-corrected chi connectivity index (χ1v) is 20.1. The van der Waals surface area contributed by atoms with Gasteiger partial charge in [-0.2, -0.15) is 0 Å². The second-order valence-corrected chi connectivity index (χ2v) is 16.6. The number of hydrogen-bond acceptors (Lipinski definition) is 10. The Kier molecular flexibility index (Phi) is 11.5. The Hall–Kier alpha value is -4.17. The zero-order valence-corrected chi connectivity index (χ0v) is 32.8. The highest BCUT2D eigenvalue weighted by Gasteiger charge is 2.36. The van der Waals surface area contributed by atoms with Crippen molar-refractivity contribution < 1.29 is 28.6 Å². The quantitative estimate of drug-likeness (QED) is 0.217. The molecule has 4 aromatic rings. The lowest BCUT2D eigenvalue weighted by Gasteiger charge is -2.35. The number of aryl methyl sites for hydroxylation is 1. The van der Waals surface area contributed by atoms with Crippen molar-refractivity contribution in [3.05, 3.63) is 58.2 Å². The van der Waals surface area contributed by atoms with E-state index < -0.39 is 23.5 Å². The van der Waals surface area contributed by atoms with E-state index in [1.165, 1.54) is 16.3 Å². The Morgan fingerprint density at radius 1 is 1.20 bits per heavy atom. The molecule has 288 valence electrons. The molecule has 3 aliphatic heterocycles. The monoisotopic (exact) mass is 756 g/mol. The number of amides is 2. The fourth-order valence-electron chi connectivity index (χ4n) is 8.05. The largest absolute Gasteiger partial charge is 0.464 e. The molecular formula is C41H52N6O6S. The molecule has 7 rings (SSSR count). The predicted octanol–water partition coefficient (Wildman–Crippen LogP) is 6.02. The molecule has 3 aliphatic rings. The number of rotatable bonds is 7. The number of carbonyl (C=O) groups is 3. The molecule has 6 heterocycles. The number of benzene rings is 1. The summed E-state index contributed by atoms with van der Waals surface area (Å²) in [6, 6.07) is 8.99. The number of aromatic nitrogens is 3. The zero-order valence-electron chi connectivity index (χ0n) is 32.0. The molecule has 0 saturated carbocycles. The number of hydrazine groups is 1. The molecule has 6 bridgehead atoms. The van der Waals surface area contributed by atoms with Crippen LogP contribution in [-0.4, -0.2) is 82.9 Å². The molecule has 0 aliphatic carbocycles. The van der Waals surface area contributed by atoms with Gasteiger partial charge in [0.1, 0.15) is 12.1 Å². The maximum absolute atomic E-state index is 14.1. The number of fused-ring (bicyclic) bond motifs is 6. The summed E-state index contributed by atoms with van der Waals surface area (Å²) in [7, 11) is 1.70. The van der Waals surface area contributed by atoms with Gasteiger partial charge in [-0.15, -0.1) is 11.3 Å². The Labute approximate surface area is 320 Å². The third kappa shape index (κ3) is 8.10. The summed E-state index contributed by atoms with van der Waals surface area (Å²) < 4.78 is 19.8. The summed E-state index contributed by atoms with van der Waals surface area (Å²) in [6.45, 7) is 11.0. The van der Waals surface area contributed by atoms with E-state index in [9.17, 15) is 14.4 Å². The van der Waals surface area contributed by atoms with E-state index in [1.807, 2.05) is 18.4 Å². The minimum atomic E-state index is -0.862. The number of cyclic esters (lactones) is 1. The molecular weight excluding hydrogens is 705 g/mol. The van der Waals surface area contributed by atoms with Gasteiger partial charge in [-0.05, 0) is 81.7 Å². The molecule has 12 nitrogen and oxygen atoms in total. The SMILES string of the molecule is CCn1c(-c2cccnc2[C@H](C)OC)c2c3cc(ccc31)-c1csc(n1)C[C@H](NC(=O)CC1CCCOC1)C(=O)N1CCC[C@H](N1)C(=O)OCC(C)(C)C2. The number of thiazole rings is 1. The van der Waals surface area contributed by atoms with Crippen molar-refractivity contribution in [3.63, 3.8) is 0 Å². The summed E-state index contributed by atoms with van der Waals surface area (Å²) >= 11 is 1.48. The van der Waals surface area contributed by atoms with E-state index in [1.54, 1.807) is 13.3 Å². The average Bonchev–Trinajstić information content (AvgIpc) is 3.77. The van der Waals surface area contributed by atoms with Crippen molar-refractivity contribution in [1.82, 2.24) is 30.3 Å². The molecule has 4 atom stereocenters. The lowest BCUT2D eigenvalue weighted by Crippen LogP contribution is -2.60. The van der Waals surface area contributed by atoms with Crippen molar-refractivity contribution in [2.45, 2.75) is 97.4 Å². The van der Waals surface area contributed by atoms with Gasteiger partial charge < -0.3 is 24.1 Å². The van der Waals surface area contributed by atoms with E-state index >= 15 is 0 Å². The first-order valence-electron chi connectivity index (χ1n) is 19.2. The van der Waals surface area contributed by atoms with Gasteiger partial charge in [-0.25, -0.2) is 10.4 Å². The first kappa shape index (κ1) is 38.1. The lowest BCUT2D eigenvalue weighted by molar-refractivity contribution is -0.155. The minimum Gasteiger partial charge on any atom is -0.464 e. The third-order valence-corrected chi connectivity index (χ3v) is 11.8. The molecule has 54 heavy (non-hydrogen) atoms. The van der Waals surface area contributed by atoms with Gasteiger partial charge in [-0.3, -0.25) is 24.4 Å². The van der Waals surface area contributed by atoms with Gasteiger partial charge in [0, 0.05) is 85.3 Å². The summed E-state index contributed by atoms with van der Waals surface area (Å²) in [5.74, 6) is -0.766. The lowest BCUT2D eigenvalue weighted by atomic mass is 9.84. The van der Waals surface area contributed by atoms with E-state index in [0.717, 1.165) is 69.1 Å². The second-order valence-electron chi connectivity index (χ2n) is 15.6. The Balaban J connectivity index is 1.31. The highest BCUT2D eigenvalue weighted by atomic mass is 32.1. The van der Waals surface area contributed by atoms with Crippen molar-refractivity contribution in [2.75, 3.05) is 33.5 Å². The number of esters is 1. The fourth-order valence-corrected chi connectivity index (χ4v) is 8.90. The highest BCUT2D eigenvalue weighted by Crippen LogP contribution is 2.42. The van der Waals surface area contributed by atoms with E-state index in [2.05, 4.69) is 60.3 Å². The van der Waals surface area contributed by atoms with Crippen LogP contribution in [0.3, 0.4) is 0 Å². The number of hydrogen-bond donors (Lipinski definition) is 2. The van der Waals surface area contributed by atoms with Gasteiger partial charge in [0.2, 0.25) is 5.91 Å². The number of pyridine rings is 1. The molecule has 1 unspecified atom stereocenters. The van der Waals surface area contributed by atoms with Gasteiger partial charge >= 0.3 is 5.97 Å². The second kappa shape index (κ2) is 16.3. The van der Waals surface area contributed by atoms with Gasteiger partial charge in [0.25, 0.3) is 5.91 Å². The fraction of sp³-hybridized carbons (Fsp3) is 0.537. The average molecular weight is 757 g/mol. The molecule has 3 aromatic heterocycles. The highest BCUT2D eigenvalue weighted by molar-refractivity contribution is 7.10. The van der Waals surface area contributed by atoms with Crippen LogP contribution in [-0.2, 0) is 48.0 Å². The molecule has 2 fully saturated rings. The number of carbonyl (C=O) groups excluding carboxylic acids is 3. The molecule has 2 amide bonds. The van der Waals surface area contributed by atoms with Crippen LogP contribution in [0.4, 0.5) is 0 Å². The van der Waals surface area contributed by atoms with Crippen LogP contribution in [0.25, 0.3) is 33.4 Å². The van der Waals surface area contributed by atoms with Gasteiger partial charge in [-0.1, -0.05) is 19.9 Å². The Morgan fingerprint density at radius 2 is 2.06 bits per heavy atom. The maximum atomic E-state index is 14.1. The van der Waals surface area contributed by atoms with E-state index in [4.69, 9.17) is 24.2 Å². The molecule has 0 spiro atoms. The smallest absolute Gasteiger partial charge is 0.324 e. The molecule has 2 N–H and O–H groups in total. The predicted molar refractivity (Wildman–Crippen MR) is 207 cm³/mol. The molecule has 13 heteroatoms. The van der Waals surface area contributed by atoms with Gasteiger partial charge in [0.15, 0.2) is 0 Å². The van der Waals surface area contributed by atoms with Crippen LogP contribution < -0.4 is 10.7 Å². The first-order chi connectivity index (χ1) is 26.0. The van der Waals surface area contributed by atoms with Crippen LogP contribution in [0.1, 0.15) is 82.2 Å². The minimum absolute atomic E-state index is 0.118. The van der Waals surface area contributed by atoms with Gasteiger partial charge in [0.05, 0.1) is 34.8 Å². The normalized spacial score (nSPS) is 22.8. The van der Waals surface area contributed by atoms with Crippen LogP contribution in [0.5, 0.6) is 0 Å². The summed E-state index contributed by atoms with van der Waals surface area (Å²) in [6.07, 6.45) is 5.72. The van der Waals surface area contributed by atoms with Crippen LogP contribution in [0.2, 0.25) is 0 Å². The standard InChI is InChI=1S/C41H52N6O6S/c1-6-46-34-14-13-27-19-29(34)30(38(46)28-11-7-15-42-37(28)25(2)51-5)21-41(3,4)24-53-40(50)31-12-8-16-47(45-31)39(49)32(20-36-44-33(27)23-54-36)43-35(48)18-26-10-9-17-52-22-26/h7,11,13-15,19,23,25-26,31-32,45H,6,8-10,12,16-18,20-22,24H2,1-5H3,(H,43,48)/t25-,26?,31-,32-/m0/s1. The van der Waals surface area contributed by atoms with E-state index in [-0.39, 0.29) is 43.3 Å². The van der Waals surface area contributed by atoms with Crippen LogP contribution in [0.15, 0.2) is 41.9 Å². The maximum Gasteiger partial charge on any atom is 0.324 e. The van der Waals surface area contributed by atoms with Crippen molar-refractivity contribution >= 4 is 40.0 Å². The Morgan fingerprint density at radius 3 is 2.83 bits per heavy atom.